The van der Waals surface area contributed by atoms with Gasteiger partial charge >= 0.3 is 35.8 Å². The highest BCUT2D eigenvalue weighted by atomic mass is 16.6. The minimum atomic E-state index is -1.31. The number of allylic oxidation sites excluding steroid dienone is 1. The second kappa shape index (κ2) is 14.7. The number of carbonyl (C=O) groups is 6. The number of fused-ring (bicyclic) bond motifs is 2. The molecule has 15 nitrogen and oxygen atoms in total. The van der Waals surface area contributed by atoms with Crippen LogP contribution in [0.2, 0.25) is 0 Å². The summed E-state index contributed by atoms with van der Waals surface area (Å²) in [7, 11) is 2.79. The van der Waals surface area contributed by atoms with Crippen molar-refractivity contribution in [2.45, 2.75) is 88.7 Å². The van der Waals surface area contributed by atoms with E-state index in [9.17, 15) is 28.8 Å². The van der Waals surface area contributed by atoms with Gasteiger partial charge in [0.25, 0.3) is 0 Å². The number of hydrogen-bond acceptors (Lipinski definition) is 15. The van der Waals surface area contributed by atoms with Gasteiger partial charge in [0.05, 0.1) is 29.4 Å². The normalized spacial score (nSPS) is 39.7. The van der Waals surface area contributed by atoms with Gasteiger partial charge in [-0.15, -0.1) is 0 Å². The standard InChI is InChI=1S/C36H42O15/c1-17-12-21-15-46-28(39)9-7-23-24(34(41)50-33(23)40)10-11-45-16-27(48-19(3)38)30(21)49-35(42)32(44-5)31(43-4)25-8-6-20-13-22-14-26(47-18(2)37)29(20)36(17,25)51-22/h6,8,10-12,20-22,25-27,29-32H,7,9,13-16H2,1-5H3/b11-10+,17-12+. The van der Waals surface area contributed by atoms with Crippen molar-refractivity contribution in [3.8, 4) is 0 Å². The fourth-order valence-corrected chi connectivity index (χ4v) is 8.64. The largest absolute Gasteiger partial charge is 0.497 e. The number of esters is 6. The quantitative estimate of drug-likeness (QED) is 0.178. The fourth-order valence-electron chi connectivity index (χ4n) is 8.64. The van der Waals surface area contributed by atoms with E-state index in [2.05, 4.69) is 6.08 Å². The van der Waals surface area contributed by atoms with Gasteiger partial charge in [-0.3, -0.25) is 14.4 Å². The molecule has 51 heavy (non-hydrogen) atoms. The average molecular weight is 715 g/mol. The minimum Gasteiger partial charge on any atom is -0.497 e. The molecule has 5 aliphatic heterocycles. The van der Waals surface area contributed by atoms with Gasteiger partial charge in [-0.1, -0.05) is 18.2 Å². The van der Waals surface area contributed by atoms with Gasteiger partial charge in [0.2, 0.25) is 0 Å². The van der Waals surface area contributed by atoms with E-state index in [4.69, 9.17) is 42.6 Å². The zero-order valence-corrected chi connectivity index (χ0v) is 29.0. The van der Waals surface area contributed by atoms with Crippen molar-refractivity contribution in [1.82, 2.24) is 0 Å². The molecule has 5 heterocycles. The van der Waals surface area contributed by atoms with Crippen LogP contribution in [0.25, 0.3) is 0 Å². The maximum absolute atomic E-state index is 14.2. The molecule has 1 saturated carbocycles. The summed E-state index contributed by atoms with van der Waals surface area (Å²) in [5.41, 5.74) is -0.606. The number of hydrogen-bond donors (Lipinski definition) is 0. The first-order valence-corrected chi connectivity index (χ1v) is 17.0. The first kappa shape index (κ1) is 36.5. The Labute approximate surface area is 294 Å². The molecule has 3 fully saturated rings. The lowest BCUT2D eigenvalue weighted by atomic mass is 9.54. The zero-order valence-electron chi connectivity index (χ0n) is 29.0. The molecule has 11 atom stereocenters. The molecule has 2 aliphatic carbocycles. The third-order valence-corrected chi connectivity index (χ3v) is 10.6. The number of rotatable bonds is 4. The second-order valence-electron chi connectivity index (χ2n) is 13.6. The summed E-state index contributed by atoms with van der Waals surface area (Å²) in [6, 6.07) is 0. The molecule has 7 aliphatic rings. The van der Waals surface area contributed by atoms with Gasteiger partial charge in [0.1, 0.15) is 31.0 Å². The molecule has 276 valence electrons. The third-order valence-electron chi connectivity index (χ3n) is 10.6. The number of ether oxygens (including phenoxy) is 9. The summed E-state index contributed by atoms with van der Waals surface area (Å²) in [5, 5.41) is 0. The Morgan fingerprint density at radius 2 is 1.63 bits per heavy atom. The molecule has 11 unspecified atom stereocenters. The van der Waals surface area contributed by atoms with Crippen molar-refractivity contribution >= 4 is 35.8 Å². The monoisotopic (exact) mass is 714 g/mol. The molecule has 0 aromatic rings. The molecule has 4 bridgehead atoms. The van der Waals surface area contributed by atoms with Gasteiger partial charge in [0.15, 0.2) is 18.3 Å². The van der Waals surface area contributed by atoms with Crippen molar-refractivity contribution in [1.29, 1.82) is 0 Å². The first-order chi connectivity index (χ1) is 24.4. The van der Waals surface area contributed by atoms with Crippen LogP contribution in [0.1, 0.15) is 46.5 Å². The van der Waals surface area contributed by atoms with Crippen LogP contribution in [0.3, 0.4) is 0 Å². The Morgan fingerprint density at radius 3 is 2.33 bits per heavy atom. The molecule has 0 aromatic heterocycles. The topological polar surface area (TPSA) is 185 Å². The van der Waals surface area contributed by atoms with E-state index >= 15 is 0 Å². The summed E-state index contributed by atoms with van der Waals surface area (Å²) >= 11 is 0. The van der Waals surface area contributed by atoms with Crippen LogP contribution in [-0.2, 0) is 71.4 Å². The highest BCUT2D eigenvalue weighted by Crippen LogP contribution is 2.59. The SMILES string of the molecule is COC1C(=O)OC2C(/C=C(\C)C34OC5CC(C=CC3C1OC)C4C(OC(C)=O)C5)COC(=O)CCC1=C(/C=C/OCC2OC(C)=O)C(=O)OC1=O. The molecule has 0 N–H and O–H groups in total. The maximum atomic E-state index is 14.2. The van der Waals surface area contributed by atoms with E-state index in [0.29, 0.717) is 18.4 Å². The summed E-state index contributed by atoms with van der Waals surface area (Å²) in [6.07, 6.45) is 3.26. The van der Waals surface area contributed by atoms with Crippen LogP contribution >= 0.6 is 0 Å². The summed E-state index contributed by atoms with van der Waals surface area (Å²) < 4.78 is 52.6. The van der Waals surface area contributed by atoms with Crippen LogP contribution in [-0.4, -0.2) is 105 Å². The molecule has 15 heteroatoms. The highest BCUT2D eigenvalue weighted by Gasteiger charge is 2.66. The van der Waals surface area contributed by atoms with E-state index in [-0.39, 0.29) is 55.1 Å². The van der Waals surface area contributed by atoms with Gasteiger partial charge in [-0.2, -0.15) is 0 Å². The molecule has 7 rings (SSSR count). The summed E-state index contributed by atoms with van der Waals surface area (Å²) in [5.74, 6) is -6.47. The average Bonchev–Trinajstić information content (AvgIpc) is 3.34. The van der Waals surface area contributed by atoms with Crippen LogP contribution in [0.15, 0.2) is 47.3 Å². The Kier molecular flexibility index (Phi) is 10.5. The smallest absolute Gasteiger partial charge is 0.346 e. The first-order valence-electron chi connectivity index (χ1n) is 17.0. The number of carbonyl (C=O) groups excluding carboxylic acids is 6. The fraction of sp³-hybridized carbons (Fsp3) is 0.611. The van der Waals surface area contributed by atoms with Crippen LogP contribution in [0.5, 0.6) is 0 Å². The predicted molar refractivity (Wildman–Crippen MR) is 170 cm³/mol. The van der Waals surface area contributed by atoms with Crippen molar-refractivity contribution in [3.05, 3.63) is 47.3 Å². The van der Waals surface area contributed by atoms with Crippen molar-refractivity contribution < 1.29 is 71.4 Å². The summed E-state index contributed by atoms with van der Waals surface area (Å²) in [6.45, 7) is 3.66. The van der Waals surface area contributed by atoms with E-state index in [1.807, 2.05) is 13.0 Å². The molecule has 0 aromatic carbocycles. The Bertz CT molecular complexity index is 1590. The predicted octanol–water partition coefficient (Wildman–Crippen LogP) is 1.96. The number of cyclic esters (lactones) is 3. The van der Waals surface area contributed by atoms with Gasteiger partial charge in [-0.05, 0) is 37.3 Å². The molecular weight excluding hydrogens is 672 g/mol. The van der Waals surface area contributed by atoms with E-state index in [1.165, 1.54) is 34.1 Å². The van der Waals surface area contributed by atoms with Crippen molar-refractivity contribution in [2.24, 2.45) is 23.7 Å². The van der Waals surface area contributed by atoms with Crippen LogP contribution in [0.4, 0.5) is 0 Å². The lowest BCUT2D eigenvalue weighted by Gasteiger charge is -2.63. The van der Waals surface area contributed by atoms with E-state index in [1.54, 1.807) is 6.08 Å². The Morgan fingerprint density at radius 1 is 0.882 bits per heavy atom. The van der Waals surface area contributed by atoms with Gasteiger partial charge in [-0.25, -0.2) is 14.4 Å². The Balaban J connectivity index is 1.48. The number of methoxy groups -OCH3 is 2. The maximum Gasteiger partial charge on any atom is 0.346 e. The van der Waals surface area contributed by atoms with Gasteiger partial charge < -0.3 is 42.6 Å². The molecular formula is C36H42O15. The second-order valence-corrected chi connectivity index (χ2v) is 13.6. The zero-order chi connectivity index (χ0) is 36.6. The highest BCUT2D eigenvalue weighted by molar-refractivity contribution is 6.14. The van der Waals surface area contributed by atoms with Crippen LogP contribution in [0, 0.1) is 23.7 Å². The molecule has 0 amide bonds. The summed E-state index contributed by atoms with van der Waals surface area (Å²) in [4.78, 5) is 76.8. The molecule has 2 saturated heterocycles. The van der Waals surface area contributed by atoms with Crippen LogP contribution < -0.4 is 0 Å². The molecule has 1 spiro atoms. The lowest BCUT2D eigenvalue weighted by Crippen LogP contribution is -2.69. The minimum absolute atomic E-state index is 0.0122. The Hall–Kier alpha value is -4.34. The van der Waals surface area contributed by atoms with E-state index in [0.717, 1.165) is 6.26 Å². The van der Waals surface area contributed by atoms with E-state index < -0.39 is 83.8 Å². The van der Waals surface area contributed by atoms with Gasteiger partial charge in [0, 0.05) is 52.7 Å². The molecule has 0 radical (unpaired) electrons. The third kappa shape index (κ3) is 6.86. The van der Waals surface area contributed by atoms with Crippen molar-refractivity contribution in [2.75, 3.05) is 27.4 Å². The van der Waals surface area contributed by atoms with Crippen molar-refractivity contribution in [3.63, 3.8) is 0 Å². The lowest BCUT2D eigenvalue weighted by molar-refractivity contribution is -0.270.